The number of H-pyrrole nitrogens is 1. The van der Waals surface area contributed by atoms with Crippen molar-refractivity contribution >= 4 is 11.7 Å². The lowest BCUT2D eigenvalue weighted by Crippen LogP contribution is -2.48. The average molecular weight is 265 g/mol. The van der Waals surface area contributed by atoms with Crippen LogP contribution in [0.5, 0.6) is 0 Å². The van der Waals surface area contributed by atoms with Gasteiger partial charge in [0.15, 0.2) is 5.84 Å². The number of aromatic amines is 1. The van der Waals surface area contributed by atoms with E-state index in [-0.39, 0.29) is 11.7 Å². The van der Waals surface area contributed by atoms with Gasteiger partial charge >= 0.3 is 0 Å². The topological polar surface area (TPSA) is 108 Å². The highest BCUT2D eigenvalue weighted by Gasteiger charge is 2.46. The number of amides is 1. The van der Waals surface area contributed by atoms with E-state index < -0.39 is 5.41 Å². The fourth-order valence-corrected chi connectivity index (χ4v) is 2.73. The lowest BCUT2D eigenvalue weighted by Gasteiger charge is -2.30. The summed E-state index contributed by atoms with van der Waals surface area (Å²) in [7, 11) is 1.72. The maximum Gasteiger partial charge on any atom is 0.236 e. The van der Waals surface area contributed by atoms with Crippen molar-refractivity contribution in [2.45, 2.75) is 32.2 Å². The molecule has 0 atom stereocenters. The first-order valence-electron chi connectivity index (χ1n) is 6.31. The molecule has 0 bridgehead atoms. The molecule has 19 heavy (non-hydrogen) atoms. The number of aromatic nitrogens is 2. The molecule has 4 N–H and O–H groups in total. The Kier molecular flexibility index (Phi) is 3.73. The first kappa shape index (κ1) is 13.4. The van der Waals surface area contributed by atoms with E-state index >= 15 is 0 Å². The molecule has 1 aliphatic carbocycles. The van der Waals surface area contributed by atoms with E-state index in [4.69, 9.17) is 10.9 Å². The molecule has 0 unspecified atom stereocenters. The number of hydrogen-bond donors (Lipinski definition) is 3. The highest BCUT2D eigenvalue weighted by Crippen LogP contribution is 2.40. The summed E-state index contributed by atoms with van der Waals surface area (Å²) in [6.45, 7) is 0.454. The Morgan fingerprint density at radius 1 is 1.63 bits per heavy atom. The van der Waals surface area contributed by atoms with Crippen molar-refractivity contribution in [3.8, 4) is 0 Å². The number of oxime groups is 1. The first-order chi connectivity index (χ1) is 9.10. The molecule has 1 aliphatic rings. The van der Waals surface area contributed by atoms with Gasteiger partial charge in [0.2, 0.25) is 5.91 Å². The van der Waals surface area contributed by atoms with Gasteiger partial charge in [0, 0.05) is 25.4 Å². The third kappa shape index (κ3) is 2.40. The van der Waals surface area contributed by atoms with Crippen molar-refractivity contribution in [2.24, 2.45) is 16.3 Å². The van der Waals surface area contributed by atoms with E-state index in [1.54, 1.807) is 24.3 Å². The molecule has 1 aromatic rings. The number of nitrogens with zero attached hydrogens (tertiary/aromatic N) is 3. The summed E-state index contributed by atoms with van der Waals surface area (Å²) in [5.74, 6) is -0.0736. The van der Waals surface area contributed by atoms with Crippen molar-refractivity contribution in [3.05, 3.63) is 18.0 Å². The number of amidine groups is 1. The second kappa shape index (κ2) is 5.29. The number of carbonyl (C=O) groups excluding carboxylic acids is 1. The molecule has 0 aliphatic heterocycles. The van der Waals surface area contributed by atoms with Crippen LogP contribution in [-0.2, 0) is 11.3 Å². The minimum absolute atomic E-state index is 0.0223. The van der Waals surface area contributed by atoms with Gasteiger partial charge in [-0.3, -0.25) is 9.89 Å². The van der Waals surface area contributed by atoms with Crippen LogP contribution in [0.15, 0.2) is 17.5 Å². The molecular weight excluding hydrogens is 246 g/mol. The normalized spacial score (nSPS) is 18.5. The number of rotatable bonds is 4. The fraction of sp³-hybridized carbons (Fsp3) is 0.583. The monoisotopic (exact) mass is 265 g/mol. The van der Waals surface area contributed by atoms with Crippen LogP contribution in [0.2, 0.25) is 0 Å². The smallest absolute Gasteiger partial charge is 0.236 e. The summed E-state index contributed by atoms with van der Waals surface area (Å²) in [6.07, 6.45) is 6.53. The van der Waals surface area contributed by atoms with Crippen LogP contribution < -0.4 is 5.73 Å². The molecule has 0 radical (unpaired) electrons. The van der Waals surface area contributed by atoms with Gasteiger partial charge in [0.05, 0.1) is 6.20 Å². The summed E-state index contributed by atoms with van der Waals surface area (Å²) in [5, 5.41) is 18.6. The van der Waals surface area contributed by atoms with E-state index in [1.807, 2.05) is 0 Å². The molecule has 1 heterocycles. The fourth-order valence-electron chi connectivity index (χ4n) is 2.73. The second-order valence-corrected chi connectivity index (χ2v) is 5.04. The van der Waals surface area contributed by atoms with Gasteiger partial charge in [0.25, 0.3) is 0 Å². The van der Waals surface area contributed by atoms with E-state index in [2.05, 4.69) is 15.4 Å². The van der Waals surface area contributed by atoms with Crippen LogP contribution in [-0.4, -0.2) is 39.1 Å². The molecule has 1 amide bonds. The predicted octanol–water partition coefficient (Wildman–Crippen LogP) is 0.675. The summed E-state index contributed by atoms with van der Waals surface area (Å²) >= 11 is 0. The lowest BCUT2D eigenvalue weighted by atomic mass is 9.83. The van der Waals surface area contributed by atoms with Crippen molar-refractivity contribution in [3.63, 3.8) is 0 Å². The molecule has 1 aromatic heterocycles. The van der Waals surface area contributed by atoms with Gasteiger partial charge in [0.1, 0.15) is 5.41 Å². The number of nitrogens with one attached hydrogen (secondary N) is 1. The minimum atomic E-state index is -0.840. The minimum Gasteiger partial charge on any atom is -0.409 e. The third-order valence-corrected chi connectivity index (χ3v) is 3.79. The summed E-state index contributed by atoms with van der Waals surface area (Å²) in [4.78, 5) is 14.2. The molecule has 7 heteroatoms. The maximum atomic E-state index is 12.6. The highest BCUT2D eigenvalue weighted by molar-refractivity contribution is 6.06. The predicted molar refractivity (Wildman–Crippen MR) is 69.4 cm³/mol. The average Bonchev–Trinajstić information content (AvgIpc) is 3.08. The maximum absolute atomic E-state index is 12.6. The Morgan fingerprint density at radius 2 is 2.32 bits per heavy atom. The van der Waals surface area contributed by atoms with Gasteiger partial charge in [-0.25, -0.2) is 0 Å². The van der Waals surface area contributed by atoms with Crippen LogP contribution in [0.4, 0.5) is 0 Å². The number of carbonyl (C=O) groups is 1. The Hall–Kier alpha value is -2.05. The molecule has 1 saturated carbocycles. The quantitative estimate of drug-likeness (QED) is 0.322. The molecule has 0 saturated heterocycles. The Balaban J connectivity index is 2.16. The van der Waals surface area contributed by atoms with Crippen LogP contribution in [0, 0.1) is 5.41 Å². The number of hydrogen-bond acceptors (Lipinski definition) is 4. The Bertz CT molecular complexity index is 462. The van der Waals surface area contributed by atoms with E-state index in [9.17, 15) is 4.79 Å². The SMILES string of the molecule is CN(Cc1cn[nH]c1)C(=O)C1(C(N)=NO)CCCC1. The van der Waals surface area contributed by atoms with Crippen LogP contribution >= 0.6 is 0 Å². The second-order valence-electron chi connectivity index (χ2n) is 5.04. The summed E-state index contributed by atoms with van der Waals surface area (Å²) in [6, 6.07) is 0. The zero-order chi connectivity index (χ0) is 13.9. The Labute approximate surface area is 111 Å². The van der Waals surface area contributed by atoms with Crippen LogP contribution in [0.3, 0.4) is 0 Å². The molecule has 1 fully saturated rings. The lowest BCUT2D eigenvalue weighted by molar-refractivity contribution is -0.137. The van der Waals surface area contributed by atoms with E-state index in [1.165, 1.54) is 0 Å². The Morgan fingerprint density at radius 3 is 2.84 bits per heavy atom. The largest absolute Gasteiger partial charge is 0.409 e. The molecule has 0 spiro atoms. The van der Waals surface area contributed by atoms with Gasteiger partial charge in [-0.15, -0.1) is 0 Å². The molecule has 0 aromatic carbocycles. The molecular formula is C12H19N5O2. The molecule has 104 valence electrons. The standard InChI is InChI=1S/C12H19N5O2/c1-17(8-9-6-14-15-7-9)11(18)12(10(13)16-19)4-2-3-5-12/h6-7,19H,2-5,8H2,1H3,(H2,13,16)(H,14,15). The van der Waals surface area contributed by atoms with Crippen LogP contribution in [0.1, 0.15) is 31.2 Å². The van der Waals surface area contributed by atoms with Crippen molar-refractivity contribution in [1.29, 1.82) is 0 Å². The van der Waals surface area contributed by atoms with Gasteiger partial charge in [-0.05, 0) is 12.8 Å². The van der Waals surface area contributed by atoms with Gasteiger partial charge in [-0.1, -0.05) is 18.0 Å². The van der Waals surface area contributed by atoms with Crippen molar-refractivity contribution in [2.75, 3.05) is 7.05 Å². The zero-order valence-electron chi connectivity index (χ0n) is 11.0. The van der Waals surface area contributed by atoms with Gasteiger partial charge in [-0.2, -0.15) is 5.10 Å². The van der Waals surface area contributed by atoms with E-state index in [0.29, 0.717) is 19.4 Å². The van der Waals surface area contributed by atoms with E-state index in [0.717, 1.165) is 18.4 Å². The molecule has 2 rings (SSSR count). The number of nitrogens with two attached hydrogens (primary N) is 1. The van der Waals surface area contributed by atoms with Crippen molar-refractivity contribution in [1.82, 2.24) is 15.1 Å². The summed E-state index contributed by atoms with van der Waals surface area (Å²) in [5.41, 5.74) is 5.84. The highest BCUT2D eigenvalue weighted by atomic mass is 16.4. The first-order valence-corrected chi connectivity index (χ1v) is 6.31. The third-order valence-electron chi connectivity index (χ3n) is 3.79. The molecule has 7 nitrogen and oxygen atoms in total. The van der Waals surface area contributed by atoms with Crippen molar-refractivity contribution < 1.29 is 10.0 Å². The summed E-state index contributed by atoms with van der Waals surface area (Å²) < 4.78 is 0. The zero-order valence-corrected chi connectivity index (χ0v) is 11.0. The van der Waals surface area contributed by atoms with Gasteiger partial charge < -0.3 is 15.8 Å². The van der Waals surface area contributed by atoms with Crippen LogP contribution in [0.25, 0.3) is 0 Å².